The predicted molar refractivity (Wildman–Crippen MR) is 118 cm³/mol. The van der Waals surface area contributed by atoms with Crippen LogP contribution in [0, 0.1) is 0 Å². The maximum Gasteiger partial charge on any atom is 0.250 e. The average molecular weight is 474 g/mol. The van der Waals surface area contributed by atoms with Gasteiger partial charge in [0, 0.05) is 22.1 Å². The highest BCUT2D eigenvalue weighted by Gasteiger charge is 2.14. The Morgan fingerprint density at radius 3 is 2.79 bits per heavy atom. The molecule has 7 nitrogen and oxygen atoms in total. The molecule has 9 heteroatoms. The molecule has 2 aromatic carbocycles. The average Bonchev–Trinajstić information content (AvgIpc) is 3.16. The lowest BCUT2D eigenvalue weighted by Crippen LogP contribution is -2.20. The Kier molecular flexibility index (Phi) is 7.42. The SMILES string of the molecule is CCn1c(SCC(=O)NN=Cc2cc(Br)ccc2OC)nnc1-c1ccccc1. The molecular formula is C20H20BrN5O2S. The number of hydrogen-bond donors (Lipinski definition) is 1. The first-order valence-electron chi connectivity index (χ1n) is 8.89. The van der Waals surface area contributed by atoms with Crippen LogP contribution in [0.3, 0.4) is 0 Å². The van der Waals surface area contributed by atoms with Crippen molar-refractivity contribution < 1.29 is 9.53 Å². The van der Waals surface area contributed by atoms with E-state index in [0.717, 1.165) is 21.4 Å². The molecule has 0 atom stereocenters. The van der Waals surface area contributed by atoms with Crippen LogP contribution in [0.5, 0.6) is 5.75 Å². The van der Waals surface area contributed by atoms with Crippen LogP contribution in [-0.2, 0) is 11.3 Å². The lowest BCUT2D eigenvalue weighted by atomic mass is 10.2. The van der Waals surface area contributed by atoms with Crippen molar-refractivity contribution in [3.05, 3.63) is 58.6 Å². The standard InChI is InChI=1S/C20H20BrN5O2S/c1-3-26-19(14-7-5-4-6-8-14)24-25-20(26)29-13-18(27)23-22-12-15-11-16(21)9-10-17(15)28-2/h4-12H,3,13H2,1-2H3,(H,23,27). The molecule has 1 heterocycles. The largest absolute Gasteiger partial charge is 0.496 e. The van der Waals surface area contributed by atoms with Crippen molar-refractivity contribution in [2.24, 2.45) is 5.10 Å². The molecule has 0 unspecified atom stereocenters. The second kappa shape index (κ2) is 10.2. The smallest absolute Gasteiger partial charge is 0.250 e. The van der Waals surface area contributed by atoms with Crippen molar-refractivity contribution in [2.75, 3.05) is 12.9 Å². The number of nitrogens with zero attached hydrogens (tertiary/aromatic N) is 4. The van der Waals surface area contributed by atoms with E-state index in [1.54, 1.807) is 13.3 Å². The fourth-order valence-corrected chi connectivity index (χ4v) is 3.80. The first kappa shape index (κ1) is 21.1. The lowest BCUT2D eigenvalue weighted by molar-refractivity contribution is -0.118. The molecule has 1 amide bonds. The van der Waals surface area contributed by atoms with Gasteiger partial charge in [0.05, 0.1) is 19.1 Å². The molecule has 0 aliphatic heterocycles. The topological polar surface area (TPSA) is 81.4 Å². The number of halogens is 1. The molecule has 29 heavy (non-hydrogen) atoms. The maximum absolute atomic E-state index is 12.2. The predicted octanol–water partition coefficient (Wildman–Crippen LogP) is 3.98. The molecule has 3 aromatic rings. The zero-order chi connectivity index (χ0) is 20.6. The molecule has 0 bridgehead atoms. The summed E-state index contributed by atoms with van der Waals surface area (Å²) in [5.74, 6) is 1.41. The number of rotatable bonds is 8. The summed E-state index contributed by atoms with van der Waals surface area (Å²) in [6.45, 7) is 2.73. The molecule has 0 aliphatic rings. The molecule has 1 aromatic heterocycles. The van der Waals surface area contributed by atoms with Gasteiger partial charge in [-0.25, -0.2) is 5.43 Å². The Labute approximate surface area is 181 Å². The van der Waals surface area contributed by atoms with Gasteiger partial charge in [0.25, 0.3) is 5.91 Å². The number of aromatic nitrogens is 3. The molecule has 1 N–H and O–H groups in total. The Balaban J connectivity index is 1.60. The highest BCUT2D eigenvalue weighted by Crippen LogP contribution is 2.24. The van der Waals surface area contributed by atoms with Gasteiger partial charge in [-0.05, 0) is 25.1 Å². The Bertz CT molecular complexity index is 1010. The summed E-state index contributed by atoms with van der Waals surface area (Å²) in [6, 6.07) is 15.4. The van der Waals surface area contributed by atoms with E-state index in [2.05, 4.69) is 36.7 Å². The third-order valence-corrected chi connectivity index (χ3v) is 5.44. The summed E-state index contributed by atoms with van der Waals surface area (Å²) < 4.78 is 8.17. The quantitative estimate of drug-likeness (QED) is 0.304. The Morgan fingerprint density at radius 2 is 2.07 bits per heavy atom. The van der Waals surface area contributed by atoms with Gasteiger partial charge >= 0.3 is 0 Å². The summed E-state index contributed by atoms with van der Waals surface area (Å²) in [7, 11) is 1.59. The Hall–Kier alpha value is -2.65. The van der Waals surface area contributed by atoms with Crippen LogP contribution in [0.1, 0.15) is 12.5 Å². The van der Waals surface area contributed by atoms with Crippen molar-refractivity contribution in [1.29, 1.82) is 0 Å². The van der Waals surface area contributed by atoms with Gasteiger partial charge in [-0.2, -0.15) is 5.10 Å². The minimum Gasteiger partial charge on any atom is -0.496 e. The number of amides is 1. The van der Waals surface area contributed by atoms with Crippen LogP contribution in [0.15, 0.2) is 63.3 Å². The van der Waals surface area contributed by atoms with Gasteiger partial charge in [-0.15, -0.1) is 10.2 Å². The van der Waals surface area contributed by atoms with Crippen LogP contribution in [-0.4, -0.2) is 39.7 Å². The summed E-state index contributed by atoms with van der Waals surface area (Å²) in [6.07, 6.45) is 1.55. The van der Waals surface area contributed by atoms with Crippen LogP contribution >= 0.6 is 27.7 Å². The first-order chi connectivity index (χ1) is 14.1. The van der Waals surface area contributed by atoms with Gasteiger partial charge < -0.3 is 9.30 Å². The van der Waals surface area contributed by atoms with Crippen molar-refractivity contribution in [3.8, 4) is 17.1 Å². The zero-order valence-electron chi connectivity index (χ0n) is 16.0. The molecule has 0 spiro atoms. The van der Waals surface area contributed by atoms with Crippen LogP contribution in [0.25, 0.3) is 11.4 Å². The first-order valence-corrected chi connectivity index (χ1v) is 10.7. The molecule has 0 saturated carbocycles. The van der Waals surface area contributed by atoms with Crippen LogP contribution in [0.4, 0.5) is 0 Å². The minimum atomic E-state index is -0.230. The van der Waals surface area contributed by atoms with E-state index in [0.29, 0.717) is 17.5 Å². The van der Waals surface area contributed by atoms with Gasteiger partial charge in [0.1, 0.15) is 5.75 Å². The number of hydrogen-bond acceptors (Lipinski definition) is 6. The molecular weight excluding hydrogens is 454 g/mol. The van der Waals surface area contributed by atoms with Crippen molar-refractivity contribution >= 4 is 39.8 Å². The zero-order valence-corrected chi connectivity index (χ0v) is 18.4. The van der Waals surface area contributed by atoms with Crippen molar-refractivity contribution in [1.82, 2.24) is 20.2 Å². The summed E-state index contributed by atoms with van der Waals surface area (Å²) in [5.41, 5.74) is 4.28. The van der Waals surface area contributed by atoms with Crippen molar-refractivity contribution in [3.63, 3.8) is 0 Å². The molecule has 0 radical (unpaired) electrons. The van der Waals surface area contributed by atoms with Crippen LogP contribution in [0.2, 0.25) is 0 Å². The number of hydrazone groups is 1. The Morgan fingerprint density at radius 1 is 1.28 bits per heavy atom. The number of benzene rings is 2. The highest BCUT2D eigenvalue weighted by atomic mass is 79.9. The molecule has 0 aliphatic carbocycles. The molecule has 150 valence electrons. The number of ether oxygens (including phenoxy) is 1. The third kappa shape index (κ3) is 5.45. The van der Waals surface area contributed by atoms with E-state index >= 15 is 0 Å². The van der Waals surface area contributed by atoms with E-state index in [1.807, 2.05) is 60.0 Å². The minimum absolute atomic E-state index is 0.180. The summed E-state index contributed by atoms with van der Waals surface area (Å²) in [5, 5.41) is 13.2. The van der Waals surface area contributed by atoms with Gasteiger partial charge in [0.15, 0.2) is 11.0 Å². The van der Waals surface area contributed by atoms with Gasteiger partial charge in [-0.1, -0.05) is 58.0 Å². The number of thioether (sulfide) groups is 1. The second-order valence-corrected chi connectivity index (χ2v) is 7.74. The normalized spacial score (nSPS) is 11.0. The van der Waals surface area contributed by atoms with E-state index in [1.165, 1.54) is 11.8 Å². The fourth-order valence-electron chi connectivity index (χ4n) is 2.62. The van der Waals surface area contributed by atoms with Crippen LogP contribution < -0.4 is 10.2 Å². The second-order valence-electron chi connectivity index (χ2n) is 5.88. The lowest BCUT2D eigenvalue weighted by Gasteiger charge is -2.07. The van der Waals surface area contributed by atoms with Gasteiger partial charge in [-0.3, -0.25) is 4.79 Å². The molecule has 0 saturated heterocycles. The number of methoxy groups -OCH3 is 1. The van der Waals surface area contributed by atoms with E-state index < -0.39 is 0 Å². The third-order valence-electron chi connectivity index (χ3n) is 3.98. The van der Waals surface area contributed by atoms with Crippen molar-refractivity contribution in [2.45, 2.75) is 18.6 Å². The van der Waals surface area contributed by atoms with E-state index in [9.17, 15) is 4.79 Å². The summed E-state index contributed by atoms with van der Waals surface area (Å²) >= 11 is 4.73. The van der Waals surface area contributed by atoms with E-state index in [4.69, 9.17) is 4.74 Å². The monoisotopic (exact) mass is 473 g/mol. The van der Waals surface area contributed by atoms with E-state index in [-0.39, 0.29) is 11.7 Å². The maximum atomic E-state index is 12.2. The number of nitrogens with one attached hydrogen (secondary N) is 1. The van der Waals surface area contributed by atoms with Gasteiger partial charge in [0.2, 0.25) is 0 Å². The molecule has 0 fully saturated rings. The fraction of sp³-hybridized carbons (Fsp3) is 0.200. The number of carbonyl (C=O) groups excluding carboxylic acids is 1. The molecule has 3 rings (SSSR count). The number of carbonyl (C=O) groups is 1. The highest BCUT2D eigenvalue weighted by molar-refractivity contribution is 9.10. The summed E-state index contributed by atoms with van der Waals surface area (Å²) in [4.78, 5) is 12.2.